The molecule has 3 aromatic carbocycles. The van der Waals surface area contributed by atoms with E-state index in [-0.39, 0.29) is 29.9 Å². The smallest absolute Gasteiger partial charge is 0.416 e. The lowest BCUT2D eigenvalue weighted by Gasteiger charge is -2.38. The number of halogens is 5. The standard InChI is InChI=1S/C37H34F5N7O5S/c1-23(34-46-32(19-55-34)25-6-4-24(16-43)5-7-25)36(52,29-15-28(38)10-11-30(29)39)20-49(22-44-21-45-49)12-13-53-35(51)47-31-14-27(37(40,41)42)9-8-26(31)18-54-33(50)17-48(2)3/h4-11,14-15,19,21-23,52H,12-13,17-18,20H2,1-3H3/p+1/t23-,36+,49?/m0/s1. The molecule has 0 saturated heterocycles. The first-order chi connectivity index (χ1) is 26.0. The number of carbonyl (C=O) groups is 2. The molecule has 1 aliphatic rings. The van der Waals surface area contributed by atoms with Crippen molar-refractivity contribution >= 4 is 41.8 Å². The molecule has 0 saturated carbocycles. The number of amides is 1. The van der Waals surface area contributed by atoms with Gasteiger partial charge in [-0.1, -0.05) is 30.2 Å². The molecule has 0 aliphatic carbocycles. The van der Waals surface area contributed by atoms with Crippen LogP contribution in [0.3, 0.4) is 0 Å². The number of carbonyl (C=O) groups excluding carboxylic acids is 2. The second-order valence-electron chi connectivity index (χ2n) is 12.9. The fraction of sp³-hybridized carbons (Fsp3) is 0.297. The van der Waals surface area contributed by atoms with Crippen molar-refractivity contribution in [3.63, 3.8) is 0 Å². The summed E-state index contributed by atoms with van der Waals surface area (Å²) in [5.41, 5.74) is -2.23. The SMILES string of the molecule is C[C@@H](c1nc(-c2ccc(C#N)cc2)cs1)[C@](O)(C[N+]1(CCOC(=O)Nc2cc(C(F)(F)F)ccc2COC(=O)CN(C)C)C=NC=N1)c1cc(F)ccc1F. The highest BCUT2D eigenvalue weighted by Crippen LogP contribution is 2.42. The van der Waals surface area contributed by atoms with Crippen LogP contribution in [-0.4, -0.2) is 84.7 Å². The average molecular weight is 785 g/mol. The minimum Gasteiger partial charge on any atom is -0.460 e. The zero-order valence-corrected chi connectivity index (χ0v) is 30.5. The van der Waals surface area contributed by atoms with Crippen LogP contribution in [0, 0.1) is 23.0 Å². The first-order valence-electron chi connectivity index (χ1n) is 16.6. The van der Waals surface area contributed by atoms with E-state index < -0.39 is 71.3 Å². The lowest BCUT2D eigenvalue weighted by molar-refractivity contribution is -0.848. The summed E-state index contributed by atoms with van der Waals surface area (Å²) in [5.74, 6) is -3.34. The molecule has 18 heteroatoms. The molecule has 1 amide bonds. The fourth-order valence-electron chi connectivity index (χ4n) is 5.73. The molecule has 1 unspecified atom stereocenters. The Morgan fingerprint density at radius 3 is 2.47 bits per heavy atom. The molecule has 0 bridgehead atoms. The third-order valence-corrected chi connectivity index (χ3v) is 9.71. The second-order valence-corrected chi connectivity index (χ2v) is 13.8. The van der Waals surface area contributed by atoms with Crippen molar-refractivity contribution in [3.8, 4) is 17.3 Å². The maximum Gasteiger partial charge on any atom is 0.416 e. The second kappa shape index (κ2) is 16.8. The summed E-state index contributed by atoms with van der Waals surface area (Å²) in [7, 11) is 3.26. The molecular weight excluding hydrogens is 750 g/mol. The van der Waals surface area contributed by atoms with Crippen LogP contribution >= 0.6 is 11.3 Å². The van der Waals surface area contributed by atoms with E-state index in [0.29, 0.717) is 27.9 Å². The monoisotopic (exact) mass is 784 g/mol. The Kier molecular flexibility index (Phi) is 12.4. The molecule has 4 aromatic rings. The zero-order valence-electron chi connectivity index (χ0n) is 29.7. The third kappa shape index (κ3) is 9.93. The number of nitriles is 1. The van der Waals surface area contributed by atoms with Gasteiger partial charge in [0, 0.05) is 28.0 Å². The quantitative estimate of drug-likeness (QED) is 0.0823. The van der Waals surface area contributed by atoms with Gasteiger partial charge in [0.25, 0.3) is 0 Å². The van der Waals surface area contributed by atoms with Crippen LogP contribution in [0.2, 0.25) is 0 Å². The summed E-state index contributed by atoms with van der Waals surface area (Å²) in [5, 5.41) is 30.3. The minimum atomic E-state index is -4.75. The maximum absolute atomic E-state index is 15.5. The van der Waals surface area contributed by atoms with Gasteiger partial charge in [-0.15, -0.1) is 15.9 Å². The molecule has 12 nitrogen and oxygen atoms in total. The molecule has 5 rings (SSSR count). The van der Waals surface area contributed by atoms with Gasteiger partial charge >= 0.3 is 18.2 Å². The number of nitrogens with zero attached hydrogens (tertiary/aromatic N) is 6. The number of likely N-dealkylation sites (N-methyl/N-ethyl adjacent to an activating group) is 1. The van der Waals surface area contributed by atoms with Crippen molar-refractivity contribution in [1.29, 1.82) is 5.26 Å². The van der Waals surface area contributed by atoms with Crippen LogP contribution in [0.1, 0.15) is 40.1 Å². The number of hydrogen-bond acceptors (Lipinski definition) is 11. The van der Waals surface area contributed by atoms with Gasteiger partial charge in [-0.2, -0.15) is 23.4 Å². The summed E-state index contributed by atoms with van der Waals surface area (Å²) in [6.07, 6.45) is -3.42. The number of esters is 1. The Morgan fingerprint density at radius 1 is 1.07 bits per heavy atom. The molecule has 2 N–H and O–H groups in total. The van der Waals surface area contributed by atoms with Crippen molar-refractivity contribution in [1.82, 2.24) is 9.88 Å². The summed E-state index contributed by atoms with van der Waals surface area (Å²) in [6.45, 7) is -0.00862. The highest BCUT2D eigenvalue weighted by molar-refractivity contribution is 7.10. The number of hydrogen-bond donors (Lipinski definition) is 2. The van der Waals surface area contributed by atoms with Gasteiger partial charge in [-0.3, -0.25) is 15.0 Å². The predicted octanol–water partition coefficient (Wildman–Crippen LogP) is 6.63. The number of quaternary nitrogens is 1. The van der Waals surface area contributed by atoms with Crippen molar-refractivity contribution in [3.05, 3.63) is 105 Å². The van der Waals surface area contributed by atoms with E-state index in [1.165, 1.54) is 24.0 Å². The van der Waals surface area contributed by atoms with E-state index in [4.69, 9.17) is 14.7 Å². The number of aliphatic imine (C=N–C) groups is 1. The van der Waals surface area contributed by atoms with Crippen LogP contribution in [0.25, 0.3) is 11.3 Å². The van der Waals surface area contributed by atoms with Gasteiger partial charge < -0.3 is 14.6 Å². The van der Waals surface area contributed by atoms with Crippen LogP contribution in [0.15, 0.2) is 76.1 Å². The summed E-state index contributed by atoms with van der Waals surface area (Å²) in [4.78, 5) is 35.3. The Labute approximate surface area is 316 Å². The van der Waals surface area contributed by atoms with Crippen molar-refractivity contribution in [2.45, 2.75) is 31.2 Å². The molecule has 288 valence electrons. The molecule has 0 radical (unpaired) electrons. The molecule has 0 fully saturated rings. The Morgan fingerprint density at radius 2 is 1.82 bits per heavy atom. The average Bonchev–Trinajstić information content (AvgIpc) is 3.82. The number of aliphatic hydroxyl groups is 1. The van der Waals surface area contributed by atoms with Gasteiger partial charge in [0.1, 0.15) is 37.9 Å². The number of rotatable bonds is 14. The number of nitrogens with one attached hydrogen (secondary N) is 1. The molecule has 1 aromatic heterocycles. The van der Waals surface area contributed by atoms with E-state index in [1.54, 1.807) is 55.6 Å². The third-order valence-electron chi connectivity index (χ3n) is 8.68. The fourth-order valence-corrected chi connectivity index (χ4v) is 6.70. The molecular formula is C37H35F5N7O5S+. The van der Waals surface area contributed by atoms with E-state index in [2.05, 4.69) is 20.4 Å². The number of anilines is 1. The molecule has 1 aliphatic heterocycles. The molecule has 2 heterocycles. The van der Waals surface area contributed by atoms with E-state index in [1.807, 2.05) is 6.07 Å². The summed E-state index contributed by atoms with van der Waals surface area (Å²) < 4.78 is 80.7. The Hall–Kier alpha value is -5.61. The molecule has 55 heavy (non-hydrogen) atoms. The number of benzene rings is 3. The first-order valence-corrected chi connectivity index (χ1v) is 17.4. The number of ether oxygens (including phenoxy) is 2. The normalized spacial score (nSPS) is 16.7. The van der Waals surface area contributed by atoms with Crippen LogP contribution in [0.5, 0.6) is 0 Å². The van der Waals surface area contributed by atoms with E-state index in [0.717, 1.165) is 30.3 Å². The highest BCUT2D eigenvalue weighted by Gasteiger charge is 2.49. The summed E-state index contributed by atoms with van der Waals surface area (Å²) >= 11 is 1.18. The van der Waals surface area contributed by atoms with Crippen molar-refractivity contribution in [2.75, 3.05) is 45.7 Å². The van der Waals surface area contributed by atoms with Crippen molar-refractivity contribution in [2.24, 2.45) is 10.1 Å². The minimum absolute atomic E-state index is 0.0672. The summed E-state index contributed by atoms with van der Waals surface area (Å²) in [6, 6.07) is 13.9. The molecule has 3 atom stereocenters. The van der Waals surface area contributed by atoms with Crippen LogP contribution in [-0.2, 0) is 32.7 Å². The van der Waals surface area contributed by atoms with Gasteiger partial charge in [-0.25, -0.2) is 18.6 Å². The van der Waals surface area contributed by atoms with E-state index >= 15 is 4.39 Å². The Balaban J connectivity index is 1.36. The van der Waals surface area contributed by atoms with Crippen LogP contribution < -0.4 is 5.32 Å². The number of aromatic nitrogens is 1. The predicted molar refractivity (Wildman–Crippen MR) is 193 cm³/mol. The van der Waals surface area contributed by atoms with Crippen molar-refractivity contribution < 1.29 is 50.7 Å². The maximum atomic E-state index is 15.5. The van der Waals surface area contributed by atoms with Gasteiger partial charge in [0.05, 0.1) is 40.1 Å². The van der Waals surface area contributed by atoms with Gasteiger partial charge in [-0.05, 0) is 56.6 Å². The largest absolute Gasteiger partial charge is 0.460 e. The lowest BCUT2D eigenvalue weighted by atomic mass is 9.81. The number of alkyl halides is 3. The zero-order chi connectivity index (χ0) is 40.0. The Bertz CT molecular complexity index is 2120. The van der Waals surface area contributed by atoms with Crippen LogP contribution in [0.4, 0.5) is 32.4 Å². The first kappa shape index (κ1) is 40.6. The van der Waals surface area contributed by atoms with Gasteiger partial charge in [0.15, 0.2) is 11.9 Å². The number of thiazole rings is 1. The molecule has 0 spiro atoms. The highest BCUT2D eigenvalue weighted by atomic mass is 32.1. The van der Waals surface area contributed by atoms with Gasteiger partial charge in [0.2, 0.25) is 6.34 Å². The lowest BCUT2D eigenvalue weighted by Crippen LogP contribution is -2.54. The van der Waals surface area contributed by atoms with E-state index in [9.17, 15) is 32.3 Å². The topological polar surface area (TPSA) is 150 Å².